The minimum atomic E-state index is -0.700. The number of hydrogen-bond acceptors (Lipinski definition) is 5. The number of ketones is 1. The van der Waals surface area contributed by atoms with Crippen molar-refractivity contribution in [2.75, 3.05) is 6.61 Å². The van der Waals surface area contributed by atoms with Gasteiger partial charge in [-0.1, -0.05) is 50.2 Å². The third-order valence-electron chi connectivity index (χ3n) is 4.03. The van der Waals surface area contributed by atoms with Gasteiger partial charge < -0.3 is 10.1 Å². The molecule has 0 bridgehead atoms. The van der Waals surface area contributed by atoms with Gasteiger partial charge in [0, 0.05) is 6.42 Å². The molecule has 5 nitrogen and oxygen atoms in total. The van der Waals surface area contributed by atoms with Gasteiger partial charge in [0.2, 0.25) is 5.91 Å². The van der Waals surface area contributed by atoms with Crippen molar-refractivity contribution in [2.24, 2.45) is 5.92 Å². The van der Waals surface area contributed by atoms with Crippen LogP contribution in [0.25, 0.3) is 0 Å². The number of rotatable bonds is 10. The van der Waals surface area contributed by atoms with Crippen molar-refractivity contribution in [1.82, 2.24) is 5.32 Å². The van der Waals surface area contributed by atoms with Crippen molar-refractivity contribution >= 4 is 29.0 Å². The van der Waals surface area contributed by atoms with Gasteiger partial charge in [-0.15, -0.1) is 11.3 Å². The van der Waals surface area contributed by atoms with Gasteiger partial charge >= 0.3 is 5.97 Å². The molecule has 0 unspecified atom stereocenters. The normalized spacial score (nSPS) is 11.8. The van der Waals surface area contributed by atoms with Crippen molar-refractivity contribution in [3.63, 3.8) is 0 Å². The molecule has 0 spiro atoms. The summed E-state index contributed by atoms with van der Waals surface area (Å²) >= 11 is 1.41. The molecule has 144 valence electrons. The number of carbonyl (C=O) groups excluding carboxylic acids is 3. The number of carbonyl (C=O) groups is 3. The van der Waals surface area contributed by atoms with Crippen molar-refractivity contribution < 1.29 is 19.1 Å². The Morgan fingerprint density at radius 2 is 1.81 bits per heavy atom. The summed E-state index contributed by atoms with van der Waals surface area (Å²) in [5.41, 5.74) is 0.887. The van der Waals surface area contributed by atoms with Crippen LogP contribution in [0.4, 0.5) is 0 Å². The summed E-state index contributed by atoms with van der Waals surface area (Å²) in [5, 5.41) is 4.62. The van der Waals surface area contributed by atoms with E-state index in [1.807, 2.05) is 55.6 Å². The molecule has 6 heteroatoms. The molecule has 1 amide bonds. The van der Waals surface area contributed by atoms with E-state index in [1.165, 1.54) is 11.3 Å². The summed E-state index contributed by atoms with van der Waals surface area (Å²) in [6.45, 7) is 3.87. The molecular weight excluding hydrogens is 362 g/mol. The van der Waals surface area contributed by atoms with Crippen LogP contribution in [0, 0.1) is 5.92 Å². The second-order valence-electron chi connectivity index (χ2n) is 6.62. The molecule has 2 rings (SSSR count). The second kappa shape index (κ2) is 10.6. The van der Waals surface area contributed by atoms with Gasteiger partial charge in [-0.3, -0.25) is 9.59 Å². The molecule has 2 aromatic rings. The fraction of sp³-hybridized carbons (Fsp3) is 0.381. The first-order valence-corrected chi connectivity index (χ1v) is 9.92. The summed E-state index contributed by atoms with van der Waals surface area (Å²) < 4.78 is 5.28. The van der Waals surface area contributed by atoms with E-state index in [9.17, 15) is 14.4 Å². The Hall–Kier alpha value is -2.47. The predicted octanol–water partition coefficient (Wildman–Crippen LogP) is 3.64. The Morgan fingerprint density at radius 1 is 1.07 bits per heavy atom. The molecule has 0 saturated carbocycles. The third kappa shape index (κ3) is 6.98. The van der Waals surface area contributed by atoms with E-state index >= 15 is 0 Å². The fourth-order valence-electron chi connectivity index (χ4n) is 2.56. The van der Waals surface area contributed by atoms with E-state index < -0.39 is 12.0 Å². The minimum Gasteiger partial charge on any atom is -0.464 e. The Labute approximate surface area is 163 Å². The van der Waals surface area contributed by atoms with Crippen molar-refractivity contribution in [3.05, 3.63) is 58.3 Å². The number of thiophene rings is 1. The summed E-state index contributed by atoms with van der Waals surface area (Å²) in [4.78, 5) is 37.2. The molecule has 0 radical (unpaired) electrons. The van der Waals surface area contributed by atoms with Gasteiger partial charge in [0.05, 0.1) is 17.9 Å². The molecular formula is C21H25NO4S. The van der Waals surface area contributed by atoms with Crippen LogP contribution >= 0.6 is 11.3 Å². The maximum Gasteiger partial charge on any atom is 0.328 e. The van der Waals surface area contributed by atoms with E-state index in [2.05, 4.69) is 5.32 Å². The lowest BCUT2D eigenvalue weighted by molar-refractivity contribution is -0.149. The van der Waals surface area contributed by atoms with E-state index in [1.54, 1.807) is 6.07 Å². The number of benzene rings is 1. The van der Waals surface area contributed by atoms with Crippen LogP contribution in [-0.4, -0.2) is 30.3 Å². The lowest BCUT2D eigenvalue weighted by Crippen LogP contribution is -2.46. The average molecular weight is 388 g/mol. The minimum absolute atomic E-state index is 0.0534. The van der Waals surface area contributed by atoms with E-state index in [-0.39, 0.29) is 30.6 Å². The molecule has 27 heavy (non-hydrogen) atoms. The standard InChI is InChI=1S/C21H25NO4S/c1-15(2)20(22-19(24)14-16-8-4-3-5-9-16)21(25)26-12-6-10-17(23)18-11-7-13-27-18/h3-5,7-9,11,13,15,20H,6,10,12,14H2,1-2H3,(H,22,24)/t20-/m0/s1. The van der Waals surface area contributed by atoms with Crippen LogP contribution in [0.1, 0.15) is 41.9 Å². The first-order chi connectivity index (χ1) is 13.0. The molecule has 1 aromatic carbocycles. The number of esters is 1. The number of hydrogen-bond donors (Lipinski definition) is 1. The molecule has 0 aliphatic rings. The van der Waals surface area contributed by atoms with Crippen LogP contribution in [0.15, 0.2) is 47.8 Å². The zero-order valence-electron chi connectivity index (χ0n) is 15.6. The molecule has 1 atom stereocenters. The highest BCUT2D eigenvalue weighted by molar-refractivity contribution is 7.12. The van der Waals surface area contributed by atoms with Crippen LogP contribution < -0.4 is 5.32 Å². The van der Waals surface area contributed by atoms with Gasteiger partial charge in [0.15, 0.2) is 5.78 Å². The Balaban J connectivity index is 1.76. The van der Waals surface area contributed by atoms with Crippen LogP contribution in [-0.2, 0) is 20.7 Å². The highest BCUT2D eigenvalue weighted by Crippen LogP contribution is 2.12. The maximum atomic E-state index is 12.3. The number of amides is 1. The number of Topliss-reactive ketones (excluding diaryl/α,β-unsaturated/α-hetero) is 1. The van der Waals surface area contributed by atoms with Crippen LogP contribution in [0.5, 0.6) is 0 Å². The average Bonchev–Trinajstić information content (AvgIpc) is 3.18. The van der Waals surface area contributed by atoms with E-state index in [0.29, 0.717) is 12.8 Å². The first kappa shape index (κ1) is 20.8. The fourth-order valence-corrected chi connectivity index (χ4v) is 3.25. The van der Waals surface area contributed by atoms with Gasteiger partial charge in [0.1, 0.15) is 6.04 Å². The largest absolute Gasteiger partial charge is 0.464 e. The van der Waals surface area contributed by atoms with Crippen molar-refractivity contribution in [1.29, 1.82) is 0 Å². The summed E-state index contributed by atoms with van der Waals surface area (Å²) in [6, 6.07) is 12.3. The Morgan fingerprint density at radius 3 is 2.44 bits per heavy atom. The maximum absolute atomic E-state index is 12.3. The zero-order chi connectivity index (χ0) is 19.6. The molecule has 1 N–H and O–H groups in total. The van der Waals surface area contributed by atoms with Gasteiger partial charge in [-0.25, -0.2) is 4.79 Å². The Bertz CT molecular complexity index is 741. The molecule has 0 fully saturated rings. The van der Waals surface area contributed by atoms with E-state index in [0.717, 1.165) is 10.4 Å². The summed E-state index contributed by atoms with van der Waals surface area (Å²) in [6.07, 6.45) is 1.01. The Kier molecular flexibility index (Phi) is 8.20. The SMILES string of the molecule is CC(C)[C@H](NC(=O)Cc1ccccc1)C(=O)OCCCC(=O)c1cccs1. The topological polar surface area (TPSA) is 72.5 Å². The van der Waals surface area contributed by atoms with Crippen molar-refractivity contribution in [2.45, 2.75) is 39.2 Å². The monoisotopic (exact) mass is 387 g/mol. The summed E-state index contributed by atoms with van der Waals surface area (Å²) in [5.74, 6) is -0.720. The molecule has 1 heterocycles. The summed E-state index contributed by atoms with van der Waals surface area (Å²) in [7, 11) is 0. The van der Waals surface area contributed by atoms with E-state index in [4.69, 9.17) is 4.74 Å². The van der Waals surface area contributed by atoms with Crippen LogP contribution in [0.2, 0.25) is 0 Å². The predicted molar refractivity (Wildman–Crippen MR) is 106 cm³/mol. The zero-order valence-corrected chi connectivity index (χ0v) is 16.5. The molecule has 0 aliphatic heterocycles. The third-order valence-corrected chi connectivity index (χ3v) is 4.94. The molecule has 0 saturated heterocycles. The lowest BCUT2D eigenvalue weighted by atomic mass is 10.0. The quantitative estimate of drug-likeness (QED) is 0.384. The van der Waals surface area contributed by atoms with Gasteiger partial charge in [0.25, 0.3) is 0 Å². The molecule has 1 aromatic heterocycles. The highest BCUT2D eigenvalue weighted by Gasteiger charge is 2.25. The second-order valence-corrected chi connectivity index (χ2v) is 7.57. The van der Waals surface area contributed by atoms with Gasteiger partial charge in [-0.2, -0.15) is 0 Å². The highest BCUT2D eigenvalue weighted by atomic mass is 32.1. The van der Waals surface area contributed by atoms with Crippen LogP contribution in [0.3, 0.4) is 0 Å². The number of nitrogens with one attached hydrogen (secondary N) is 1. The number of ether oxygens (including phenoxy) is 1. The molecule has 0 aliphatic carbocycles. The first-order valence-electron chi connectivity index (χ1n) is 9.04. The smallest absolute Gasteiger partial charge is 0.328 e. The van der Waals surface area contributed by atoms with Crippen molar-refractivity contribution in [3.8, 4) is 0 Å². The lowest BCUT2D eigenvalue weighted by Gasteiger charge is -2.21. The van der Waals surface area contributed by atoms with Gasteiger partial charge in [-0.05, 0) is 29.3 Å².